The number of nitrogens with one attached hydrogen (secondary N) is 1. The van der Waals surface area contributed by atoms with Gasteiger partial charge in [-0.25, -0.2) is 14.6 Å². The third-order valence-corrected chi connectivity index (χ3v) is 7.35. The van der Waals surface area contributed by atoms with Gasteiger partial charge in [0.25, 0.3) is 5.91 Å². The Kier molecular flexibility index (Phi) is 7.19. The van der Waals surface area contributed by atoms with Gasteiger partial charge in [-0.05, 0) is 38.1 Å². The van der Waals surface area contributed by atoms with Gasteiger partial charge in [0.05, 0.1) is 29.9 Å². The number of thiazole rings is 1. The van der Waals surface area contributed by atoms with E-state index in [0.717, 1.165) is 5.56 Å². The van der Waals surface area contributed by atoms with Gasteiger partial charge < -0.3 is 10.4 Å². The number of hydrogen-bond acceptors (Lipinski definition) is 7. The molecule has 0 radical (unpaired) electrons. The monoisotopic (exact) mass is 526 g/mol. The summed E-state index contributed by atoms with van der Waals surface area (Å²) in [5.41, 5.74) is 0.676. The molecule has 0 aliphatic carbocycles. The van der Waals surface area contributed by atoms with E-state index < -0.39 is 11.6 Å². The van der Waals surface area contributed by atoms with Gasteiger partial charge in [0.15, 0.2) is 0 Å². The van der Waals surface area contributed by atoms with Gasteiger partial charge >= 0.3 is 0 Å². The van der Waals surface area contributed by atoms with Crippen LogP contribution in [0.2, 0.25) is 10.0 Å². The van der Waals surface area contributed by atoms with E-state index in [1.165, 1.54) is 34.7 Å². The third kappa shape index (κ3) is 5.21. The Morgan fingerprint density at radius 3 is 2.66 bits per heavy atom. The molecule has 0 aliphatic heterocycles. The van der Waals surface area contributed by atoms with E-state index in [2.05, 4.69) is 26.5 Å². The minimum Gasteiger partial charge on any atom is -0.381 e. The molecule has 1 amide bonds. The van der Waals surface area contributed by atoms with Gasteiger partial charge in [-0.15, -0.1) is 11.3 Å². The van der Waals surface area contributed by atoms with E-state index in [-0.39, 0.29) is 17.5 Å². The fourth-order valence-electron chi connectivity index (χ4n) is 3.66. The highest BCUT2D eigenvalue weighted by atomic mass is 35.5. The first kappa shape index (κ1) is 24.8. The van der Waals surface area contributed by atoms with Crippen LogP contribution in [-0.4, -0.2) is 36.8 Å². The number of aliphatic hydroxyl groups is 1. The van der Waals surface area contributed by atoms with Gasteiger partial charge in [-0.1, -0.05) is 41.4 Å². The van der Waals surface area contributed by atoms with Crippen molar-refractivity contribution < 1.29 is 9.90 Å². The highest BCUT2D eigenvalue weighted by Crippen LogP contribution is 2.35. The lowest BCUT2D eigenvalue weighted by molar-refractivity contribution is -0.0155. The number of hydrogen-bond donors (Lipinski definition) is 2. The lowest BCUT2D eigenvalue weighted by atomic mass is 9.86. The molecule has 0 saturated carbocycles. The zero-order chi connectivity index (χ0) is 25.2. The quantitative estimate of drug-likeness (QED) is 0.363. The van der Waals surface area contributed by atoms with E-state index in [4.69, 9.17) is 28.5 Å². The Balaban J connectivity index is 1.62. The maximum absolute atomic E-state index is 13.3. The van der Waals surface area contributed by atoms with Crippen molar-refractivity contribution in [2.75, 3.05) is 0 Å². The van der Waals surface area contributed by atoms with Crippen LogP contribution in [0.3, 0.4) is 0 Å². The molecule has 0 bridgehead atoms. The Hall–Kier alpha value is -3.29. The first-order valence-corrected chi connectivity index (χ1v) is 12.1. The summed E-state index contributed by atoms with van der Waals surface area (Å²) in [5, 5.41) is 29.2. The van der Waals surface area contributed by atoms with Crippen LogP contribution in [0.4, 0.5) is 0 Å². The number of aryl methyl sites for hydroxylation is 1. The van der Waals surface area contributed by atoms with E-state index in [9.17, 15) is 9.90 Å². The number of aromatic nitrogens is 4. The van der Waals surface area contributed by atoms with Crippen LogP contribution in [0.1, 0.15) is 33.4 Å². The van der Waals surface area contributed by atoms with Crippen molar-refractivity contribution in [3.05, 3.63) is 86.9 Å². The molecule has 2 atom stereocenters. The van der Waals surface area contributed by atoms with Crippen LogP contribution >= 0.6 is 34.5 Å². The average Bonchev–Trinajstić information content (AvgIpc) is 3.48. The van der Waals surface area contributed by atoms with Crippen LogP contribution in [0.5, 0.6) is 0 Å². The summed E-state index contributed by atoms with van der Waals surface area (Å²) < 4.78 is 1.47. The van der Waals surface area contributed by atoms with Gasteiger partial charge in [-0.2, -0.15) is 10.4 Å². The smallest absolute Gasteiger partial charge is 0.263 e. The maximum Gasteiger partial charge on any atom is 0.263 e. The van der Waals surface area contributed by atoms with Crippen LogP contribution in [0.15, 0.2) is 55.1 Å². The number of carbonyl (C=O) groups excluding carboxylic acids is 1. The molecule has 2 N–H and O–H groups in total. The van der Waals surface area contributed by atoms with E-state index >= 15 is 0 Å². The lowest BCUT2D eigenvalue weighted by Crippen LogP contribution is -2.51. The van der Waals surface area contributed by atoms with Crippen molar-refractivity contribution in [3.8, 4) is 16.6 Å². The second-order valence-corrected chi connectivity index (χ2v) is 9.80. The average molecular weight is 527 g/mol. The number of nitrogens with zero attached hydrogens (tertiary/aromatic N) is 5. The zero-order valence-corrected chi connectivity index (χ0v) is 21.1. The molecule has 0 spiro atoms. The van der Waals surface area contributed by atoms with Crippen LogP contribution in [0, 0.1) is 18.3 Å². The van der Waals surface area contributed by atoms with Crippen molar-refractivity contribution >= 4 is 40.4 Å². The number of rotatable bonds is 7. The number of amides is 1. The molecule has 0 aliphatic rings. The van der Waals surface area contributed by atoms with Crippen molar-refractivity contribution in [3.63, 3.8) is 0 Å². The molecule has 11 heteroatoms. The lowest BCUT2D eigenvalue weighted by Gasteiger charge is -2.35. The van der Waals surface area contributed by atoms with Crippen LogP contribution in [-0.2, 0) is 12.1 Å². The van der Waals surface area contributed by atoms with Crippen molar-refractivity contribution in [2.45, 2.75) is 32.0 Å². The number of nitriles is 1. The summed E-state index contributed by atoms with van der Waals surface area (Å²) in [7, 11) is 0. The number of halogens is 2. The van der Waals surface area contributed by atoms with E-state index in [1.54, 1.807) is 50.2 Å². The van der Waals surface area contributed by atoms with Crippen molar-refractivity contribution in [1.29, 1.82) is 5.26 Å². The predicted molar refractivity (Wildman–Crippen MR) is 134 cm³/mol. The SMILES string of the molecule is Cc1nc(-c2ccc(C#N)cc2)sc1C(=O)N[C@H](C)[C@](O)(Cn1cncn1)c1ccc(Cl)cc1Cl. The summed E-state index contributed by atoms with van der Waals surface area (Å²) >= 11 is 13.7. The Morgan fingerprint density at radius 2 is 2.03 bits per heavy atom. The molecular formula is C24H20Cl2N6O2S. The van der Waals surface area contributed by atoms with Crippen LogP contribution < -0.4 is 5.32 Å². The Labute approximate surface area is 215 Å². The van der Waals surface area contributed by atoms with Gasteiger partial charge in [-0.3, -0.25) is 4.79 Å². The molecule has 0 saturated heterocycles. The molecule has 0 unspecified atom stereocenters. The molecule has 8 nitrogen and oxygen atoms in total. The third-order valence-electron chi connectivity index (χ3n) is 5.59. The van der Waals surface area contributed by atoms with Gasteiger partial charge in [0.2, 0.25) is 0 Å². The van der Waals surface area contributed by atoms with E-state index in [1.807, 2.05) is 0 Å². The highest BCUT2D eigenvalue weighted by Gasteiger charge is 2.40. The molecule has 178 valence electrons. The minimum absolute atomic E-state index is 0.00599. The first-order valence-electron chi connectivity index (χ1n) is 10.5. The molecule has 4 rings (SSSR count). The standard InChI is InChI=1S/C24H20Cl2N6O2S/c1-14-21(35-23(30-14)17-5-3-16(10-27)4-6-17)22(33)31-15(2)24(34,11-32-13-28-12-29-32)19-8-7-18(25)9-20(19)26/h3-9,12-13,15,34H,11H2,1-2H3,(H,31,33)/t15-,24-/m1/s1. The highest BCUT2D eigenvalue weighted by molar-refractivity contribution is 7.17. The van der Waals surface area contributed by atoms with E-state index in [0.29, 0.717) is 31.7 Å². The van der Waals surface area contributed by atoms with Crippen LogP contribution in [0.25, 0.3) is 10.6 Å². The number of carbonyl (C=O) groups is 1. The first-order chi connectivity index (χ1) is 16.7. The molecule has 2 aromatic heterocycles. The van der Waals surface area contributed by atoms with Gasteiger partial charge in [0, 0.05) is 21.2 Å². The fraction of sp³-hybridized carbons (Fsp3) is 0.208. The Morgan fingerprint density at radius 1 is 1.29 bits per heavy atom. The molecule has 35 heavy (non-hydrogen) atoms. The molecular weight excluding hydrogens is 507 g/mol. The van der Waals surface area contributed by atoms with Gasteiger partial charge in [0.1, 0.15) is 28.1 Å². The molecule has 2 aromatic carbocycles. The summed E-state index contributed by atoms with van der Waals surface area (Å²) in [6.45, 7) is 3.44. The second-order valence-electron chi connectivity index (χ2n) is 7.96. The molecule has 2 heterocycles. The number of benzene rings is 2. The normalized spacial score (nSPS) is 13.6. The topological polar surface area (TPSA) is 117 Å². The minimum atomic E-state index is -1.63. The molecule has 4 aromatic rings. The Bertz CT molecular complexity index is 1400. The summed E-state index contributed by atoms with van der Waals surface area (Å²) in [5.74, 6) is -0.380. The predicted octanol–water partition coefficient (Wildman–Crippen LogP) is 4.59. The summed E-state index contributed by atoms with van der Waals surface area (Å²) in [6, 6.07) is 13.1. The molecule has 0 fully saturated rings. The zero-order valence-electron chi connectivity index (χ0n) is 18.7. The van der Waals surface area contributed by atoms with Crippen molar-refractivity contribution in [2.24, 2.45) is 0 Å². The second kappa shape index (κ2) is 10.1. The largest absolute Gasteiger partial charge is 0.381 e. The fourth-order valence-corrected chi connectivity index (χ4v) is 5.20. The summed E-state index contributed by atoms with van der Waals surface area (Å²) in [6.07, 6.45) is 2.83. The maximum atomic E-state index is 13.3. The van der Waals surface area contributed by atoms with Crippen molar-refractivity contribution in [1.82, 2.24) is 25.1 Å². The summed E-state index contributed by atoms with van der Waals surface area (Å²) in [4.78, 5) is 22.1.